The third-order valence-corrected chi connectivity index (χ3v) is 6.64. The van der Waals surface area contributed by atoms with Crippen molar-refractivity contribution in [2.75, 3.05) is 0 Å². The highest BCUT2D eigenvalue weighted by Gasteiger charge is 2.36. The van der Waals surface area contributed by atoms with Crippen LogP contribution in [0.1, 0.15) is 48.5 Å². The van der Waals surface area contributed by atoms with Crippen molar-refractivity contribution in [1.82, 2.24) is 4.08 Å². The van der Waals surface area contributed by atoms with Gasteiger partial charge in [0, 0.05) is 5.54 Å². The van der Waals surface area contributed by atoms with Crippen LogP contribution in [0, 0.1) is 0 Å². The Hall–Kier alpha value is 0.880. The van der Waals surface area contributed by atoms with Crippen molar-refractivity contribution in [3.63, 3.8) is 0 Å². The number of nitrogens with zero attached hydrogens (tertiary/aromatic N) is 1. The van der Waals surface area contributed by atoms with Crippen LogP contribution in [-0.4, -0.2) is 21.8 Å². The lowest BCUT2D eigenvalue weighted by molar-refractivity contribution is 0.146. The minimum atomic E-state index is -2.51. The van der Waals surface area contributed by atoms with Gasteiger partial charge in [0.15, 0.2) is 0 Å². The molecule has 0 saturated carbocycles. The van der Waals surface area contributed by atoms with Gasteiger partial charge in [0.25, 0.3) is 6.64 Å². The van der Waals surface area contributed by atoms with Crippen molar-refractivity contribution < 1.29 is 9.05 Å². The molecular formula is C10H24NO2PS2. The fourth-order valence-electron chi connectivity index (χ4n) is 1.01. The van der Waals surface area contributed by atoms with Crippen LogP contribution in [0.15, 0.2) is 0 Å². The first-order chi connectivity index (χ1) is 6.99. The number of rotatable bonds is 5. The molecule has 0 aliphatic heterocycles. The zero-order chi connectivity index (χ0) is 13.1. The maximum absolute atomic E-state index is 5.79. The summed E-state index contributed by atoms with van der Waals surface area (Å²) >= 11 is 10.0. The number of hydrogen-bond donors (Lipinski definition) is 1. The third-order valence-electron chi connectivity index (χ3n) is 1.52. The maximum atomic E-state index is 5.79. The molecule has 3 nitrogen and oxygen atoms in total. The summed E-state index contributed by atoms with van der Waals surface area (Å²) in [4.78, 5) is 0. The van der Waals surface area contributed by atoms with Crippen molar-refractivity contribution >= 4 is 31.3 Å². The Bertz CT molecular complexity index is 250. The molecule has 0 aliphatic carbocycles. The Morgan fingerprint density at radius 1 is 1.06 bits per heavy atom. The molecule has 0 amide bonds. The van der Waals surface area contributed by atoms with E-state index in [9.17, 15) is 0 Å². The first-order valence-corrected chi connectivity index (χ1v) is 8.44. The Labute approximate surface area is 111 Å². The summed E-state index contributed by atoms with van der Waals surface area (Å²) in [5.74, 6) is 0. The van der Waals surface area contributed by atoms with Gasteiger partial charge in [-0.1, -0.05) is 12.8 Å². The van der Waals surface area contributed by atoms with Crippen molar-refractivity contribution in [2.45, 2.75) is 66.2 Å². The Morgan fingerprint density at radius 2 is 1.38 bits per heavy atom. The van der Waals surface area contributed by atoms with E-state index in [1.54, 1.807) is 4.08 Å². The van der Waals surface area contributed by atoms with Gasteiger partial charge in [0.05, 0.1) is 12.2 Å². The lowest BCUT2D eigenvalue weighted by Gasteiger charge is -2.39. The molecule has 0 aromatic heterocycles. The van der Waals surface area contributed by atoms with Gasteiger partial charge in [0.2, 0.25) is 0 Å². The highest BCUT2D eigenvalue weighted by Crippen LogP contribution is 2.58. The van der Waals surface area contributed by atoms with Gasteiger partial charge >= 0.3 is 0 Å². The normalized spacial score (nSPS) is 14.2. The zero-order valence-electron chi connectivity index (χ0n) is 11.2. The molecule has 0 aromatic rings. The summed E-state index contributed by atoms with van der Waals surface area (Å²) in [5.41, 5.74) is -0.192. The summed E-state index contributed by atoms with van der Waals surface area (Å²) < 4.78 is 13.3. The molecule has 0 saturated heterocycles. The molecule has 0 aliphatic rings. The minimum absolute atomic E-state index is 0.0292. The van der Waals surface area contributed by atoms with E-state index >= 15 is 0 Å². The van der Waals surface area contributed by atoms with Gasteiger partial charge < -0.3 is 9.05 Å². The average molecular weight is 285 g/mol. The SMILES string of the molecule is CC(C)OP(=S)(OC(C)C)N(S)C(C)(C)C. The van der Waals surface area contributed by atoms with E-state index in [0.29, 0.717) is 0 Å². The van der Waals surface area contributed by atoms with E-state index < -0.39 is 6.64 Å². The molecule has 6 heteroatoms. The topological polar surface area (TPSA) is 21.7 Å². The minimum Gasteiger partial charge on any atom is -0.315 e. The highest BCUT2D eigenvalue weighted by molar-refractivity contribution is 8.12. The van der Waals surface area contributed by atoms with Crippen LogP contribution in [0.3, 0.4) is 0 Å². The van der Waals surface area contributed by atoms with Crippen molar-refractivity contribution in [1.29, 1.82) is 0 Å². The summed E-state index contributed by atoms with van der Waals surface area (Å²) in [6.07, 6.45) is 0.0585. The molecule has 0 atom stereocenters. The van der Waals surface area contributed by atoms with E-state index in [2.05, 4.69) is 12.8 Å². The van der Waals surface area contributed by atoms with Gasteiger partial charge in [-0.2, -0.15) is 4.08 Å². The second-order valence-electron chi connectivity index (χ2n) is 5.24. The Morgan fingerprint density at radius 3 is 1.56 bits per heavy atom. The zero-order valence-corrected chi connectivity index (χ0v) is 13.8. The molecule has 0 spiro atoms. The molecule has 0 bridgehead atoms. The largest absolute Gasteiger partial charge is 0.315 e. The maximum Gasteiger partial charge on any atom is 0.274 e. The van der Waals surface area contributed by atoms with Crippen LogP contribution in [-0.2, 0) is 20.9 Å². The summed E-state index contributed by atoms with van der Waals surface area (Å²) in [6, 6.07) is 0. The van der Waals surface area contributed by atoms with Crippen LogP contribution in [0.4, 0.5) is 0 Å². The van der Waals surface area contributed by atoms with Gasteiger partial charge in [0.1, 0.15) is 0 Å². The van der Waals surface area contributed by atoms with Crippen molar-refractivity contribution in [3.8, 4) is 0 Å². The van der Waals surface area contributed by atoms with Crippen molar-refractivity contribution in [2.24, 2.45) is 0 Å². The van der Waals surface area contributed by atoms with Crippen LogP contribution >= 0.6 is 19.5 Å². The van der Waals surface area contributed by atoms with Crippen LogP contribution in [0.25, 0.3) is 0 Å². The Balaban J connectivity index is 5.00. The van der Waals surface area contributed by atoms with E-state index in [1.165, 1.54) is 0 Å². The molecule has 0 N–H and O–H groups in total. The highest BCUT2D eigenvalue weighted by atomic mass is 32.5. The van der Waals surface area contributed by atoms with Crippen LogP contribution in [0.2, 0.25) is 0 Å². The van der Waals surface area contributed by atoms with Crippen LogP contribution < -0.4 is 0 Å². The Kier molecular flexibility index (Phi) is 6.50. The molecule has 0 heterocycles. The van der Waals surface area contributed by atoms with Gasteiger partial charge in [-0.3, -0.25) is 0 Å². The monoisotopic (exact) mass is 285 g/mol. The van der Waals surface area contributed by atoms with E-state index in [-0.39, 0.29) is 17.7 Å². The van der Waals surface area contributed by atoms with Gasteiger partial charge in [-0.05, 0) is 60.3 Å². The van der Waals surface area contributed by atoms with Crippen molar-refractivity contribution in [3.05, 3.63) is 0 Å². The fourth-order valence-corrected chi connectivity index (χ4v) is 5.06. The molecular weight excluding hydrogens is 261 g/mol. The van der Waals surface area contributed by atoms with Gasteiger partial charge in [-0.15, -0.1) is 0 Å². The second-order valence-corrected chi connectivity index (χ2v) is 9.10. The average Bonchev–Trinajstić information content (AvgIpc) is 1.97. The number of thiol groups is 1. The number of hydrogen-bond acceptors (Lipinski definition) is 4. The van der Waals surface area contributed by atoms with E-state index in [0.717, 1.165) is 0 Å². The molecule has 16 heavy (non-hydrogen) atoms. The van der Waals surface area contributed by atoms with Crippen LogP contribution in [0.5, 0.6) is 0 Å². The first kappa shape index (κ1) is 16.9. The third kappa shape index (κ3) is 5.48. The molecule has 0 aromatic carbocycles. The molecule has 98 valence electrons. The summed E-state index contributed by atoms with van der Waals surface area (Å²) in [5, 5.41) is 0. The lowest BCUT2D eigenvalue weighted by Crippen LogP contribution is -2.34. The lowest BCUT2D eigenvalue weighted by atomic mass is 10.1. The predicted molar refractivity (Wildman–Crippen MR) is 77.3 cm³/mol. The molecule has 0 radical (unpaired) electrons. The molecule has 0 unspecified atom stereocenters. The summed E-state index contributed by atoms with van der Waals surface area (Å²) in [6.45, 7) is 11.4. The standard InChI is InChI=1S/C10H24NO2PS2/c1-8(2)12-14(16,13-9(3)4)11(15)10(5,6)7/h8-9,15H,1-7H3. The second kappa shape index (κ2) is 6.17. The van der Waals surface area contributed by atoms with E-state index in [1.807, 2.05) is 48.5 Å². The first-order valence-electron chi connectivity index (χ1n) is 5.45. The molecule has 0 rings (SSSR count). The smallest absolute Gasteiger partial charge is 0.274 e. The quantitative estimate of drug-likeness (QED) is 0.608. The van der Waals surface area contributed by atoms with E-state index in [4.69, 9.17) is 20.9 Å². The predicted octanol–water partition coefficient (Wildman–Crippen LogP) is 4.01. The summed E-state index contributed by atoms with van der Waals surface area (Å²) in [7, 11) is 0. The molecule has 0 fully saturated rings. The fraction of sp³-hybridized carbons (Fsp3) is 1.00. The van der Waals surface area contributed by atoms with Gasteiger partial charge in [-0.25, -0.2) is 0 Å².